The molecular formula is C18H18ClF3N3O2P. The van der Waals surface area contributed by atoms with Crippen LogP contribution in [0.2, 0.25) is 0 Å². The number of fused-ring (bicyclic) bond motifs is 1. The molecule has 28 heavy (non-hydrogen) atoms. The Hall–Kier alpha value is -1.86. The number of rotatable bonds is 4. The van der Waals surface area contributed by atoms with Crippen molar-refractivity contribution >= 4 is 31.0 Å². The van der Waals surface area contributed by atoms with E-state index in [-0.39, 0.29) is 23.7 Å². The van der Waals surface area contributed by atoms with Crippen molar-refractivity contribution in [3.63, 3.8) is 0 Å². The first-order valence-electron chi connectivity index (χ1n) is 8.33. The Kier molecular flexibility index (Phi) is 5.36. The Labute approximate surface area is 166 Å². The van der Waals surface area contributed by atoms with Gasteiger partial charge in [-0.2, -0.15) is 17.8 Å². The molecule has 5 nitrogen and oxygen atoms in total. The highest BCUT2D eigenvalue weighted by atomic mass is 35.5. The summed E-state index contributed by atoms with van der Waals surface area (Å²) in [6.45, 7) is -0.349. The molecule has 2 aromatic rings. The van der Waals surface area contributed by atoms with Gasteiger partial charge < -0.3 is 4.89 Å². The smallest absolute Gasteiger partial charge is 0.450 e. The van der Waals surface area contributed by atoms with Crippen LogP contribution >= 0.6 is 19.4 Å². The van der Waals surface area contributed by atoms with Crippen LogP contribution in [0.5, 0.6) is 0 Å². The van der Waals surface area contributed by atoms with Crippen LogP contribution in [0.4, 0.5) is 18.9 Å². The lowest BCUT2D eigenvalue weighted by atomic mass is 10.1. The predicted octanol–water partition coefficient (Wildman–Crippen LogP) is 3.31. The van der Waals surface area contributed by atoms with E-state index in [1.807, 2.05) is 0 Å². The number of nitrogens with zero attached hydrogens (tertiary/aromatic N) is 2. The first kappa shape index (κ1) is 20.9. The zero-order chi connectivity index (χ0) is 20.7. The minimum Gasteiger partial charge on any atom is -0.641 e. The monoisotopic (exact) mass is 431 g/mol. The molecule has 3 rings (SSSR count). The molecule has 0 aliphatic carbocycles. The van der Waals surface area contributed by atoms with Crippen LogP contribution < -0.4 is 15.3 Å². The summed E-state index contributed by atoms with van der Waals surface area (Å²) in [5, 5.41) is -3.31. The lowest BCUT2D eigenvalue weighted by Crippen LogP contribution is -2.65. The fraction of sp³-hybridized carbons (Fsp3) is 0.278. The lowest BCUT2D eigenvalue weighted by molar-refractivity contribution is -0.220. The number of hydrogen-bond acceptors (Lipinski definition) is 4. The van der Waals surface area contributed by atoms with Gasteiger partial charge in [-0.25, -0.2) is 4.67 Å². The summed E-state index contributed by atoms with van der Waals surface area (Å²) in [5.74, 6) is -0.998. The Morgan fingerprint density at radius 2 is 1.68 bits per heavy atom. The van der Waals surface area contributed by atoms with Gasteiger partial charge in [-0.15, -0.1) is 11.6 Å². The minimum atomic E-state index is -5.12. The quantitative estimate of drug-likeness (QED) is 0.595. The van der Waals surface area contributed by atoms with Crippen molar-refractivity contribution in [2.45, 2.75) is 11.5 Å². The number of para-hydroxylation sites is 1. The van der Waals surface area contributed by atoms with Crippen molar-refractivity contribution < 1.29 is 22.9 Å². The molecule has 1 heterocycles. The molecule has 0 saturated carbocycles. The zero-order valence-corrected chi connectivity index (χ0v) is 16.5. The molecule has 0 spiro atoms. The number of alkyl halides is 4. The van der Waals surface area contributed by atoms with Crippen LogP contribution in [0.1, 0.15) is 15.9 Å². The standard InChI is InChI=1S/C18H18ClF3N3O2P/c1-24-15-10-6-5-9-14(15)16(26)25(12-11-19)28(24,27)17(23,18(20,21)22)13-7-3-2-4-8-13/h2-10H,11-12,23H2,1H3. The molecular weight excluding hydrogens is 414 g/mol. The maximum Gasteiger partial charge on any atom is 0.450 e. The van der Waals surface area contributed by atoms with E-state index >= 15 is 0 Å². The second kappa shape index (κ2) is 7.19. The Morgan fingerprint density at radius 3 is 2.25 bits per heavy atom. The third-order valence-electron chi connectivity index (χ3n) is 4.85. The highest BCUT2D eigenvalue weighted by Crippen LogP contribution is 2.75. The third-order valence-corrected chi connectivity index (χ3v) is 8.52. The highest BCUT2D eigenvalue weighted by molar-refractivity contribution is 7.70. The summed E-state index contributed by atoms with van der Waals surface area (Å²) in [6, 6.07) is 12.6. The van der Waals surface area contributed by atoms with Crippen LogP contribution in [-0.2, 0) is 5.28 Å². The summed E-state index contributed by atoms with van der Waals surface area (Å²) < 4.78 is 44.9. The van der Waals surface area contributed by atoms with Gasteiger partial charge in [0, 0.05) is 18.5 Å². The van der Waals surface area contributed by atoms with Crippen molar-refractivity contribution in [2.75, 3.05) is 24.1 Å². The number of carbonyl (C=O) groups excluding carboxylic acids is 1. The van der Waals surface area contributed by atoms with Gasteiger partial charge in [0.05, 0.1) is 17.8 Å². The summed E-state index contributed by atoms with van der Waals surface area (Å²) in [5.41, 5.74) is 5.83. The van der Waals surface area contributed by atoms with Gasteiger partial charge in [0.25, 0.3) is 11.2 Å². The summed E-state index contributed by atoms with van der Waals surface area (Å²) in [7, 11) is -3.55. The van der Waals surface area contributed by atoms with Crippen molar-refractivity contribution in [2.24, 2.45) is 5.73 Å². The van der Waals surface area contributed by atoms with Crippen molar-refractivity contribution in [3.05, 3.63) is 65.7 Å². The molecule has 1 aliphatic rings. The van der Waals surface area contributed by atoms with Gasteiger partial charge in [0.2, 0.25) is 0 Å². The first-order chi connectivity index (χ1) is 13.1. The van der Waals surface area contributed by atoms with Gasteiger partial charge in [0.15, 0.2) is 7.79 Å². The van der Waals surface area contributed by atoms with Crippen LogP contribution in [0.25, 0.3) is 0 Å². The number of carbonyl (C=O) groups is 1. The third kappa shape index (κ3) is 2.78. The van der Waals surface area contributed by atoms with E-state index in [0.29, 0.717) is 4.67 Å². The van der Waals surface area contributed by atoms with Crippen molar-refractivity contribution in [1.29, 1.82) is 0 Å². The molecule has 0 bridgehead atoms. The first-order valence-corrected chi connectivity index (χ1v) is 10.5. The fourth-order valence-corrected chi connectivity index (χ4v) is 6.91. The van der Waals surface area contributed by atoms with E-state index in [4.69, 9.17) is 17.3 Å². The van der Waals surface area contributed by atoms with E-state index in [1.165, 1.54) is 37.4 Å². The minimum absolute atomic E-state index is 0.122. The number of anilines is 1. The van der Waals surface area contributed by atoms with Crippen LogP contribution in [-0.4, -0.2) is 36.2 Å². The fourth-order valence-electron chi connectivity index (χ4n) is 3.44. The van der Waals surface area contributed by atoms with E-state index in [1.54, 1.807) is 12.1 Å². The zero-order valence-electron chi connectivity index (χ0n) is 14.9. The van der Waals surface area contributed by atoms with Crippen molar-refractivity contribution in [3.8, 4) is 0 Å². The SMILES string of the molecule is CN1c2ccccc2C(=O)N(CCCl)[P+]1([O-])C(N)(c1ccccc1)C(F)(F)F. The molecule has 0 radical (unpaired) electrons. The average Bonchev–Trinajstić information content (AvgIpc) is 2.68. The molecule has 0 saturated heterocycles. The van der Waals surface area contributed by atoms with Gasteiger partial charge in [-0.1, -0.05) is 42.5 Å². The molecule has 0 aromatic heterocycles. The largest absolute Gasteiger partial charge is 0.641 e. The van der Waals surface area contributed by atoms with E-state index in [9.17, 15) is 22.9 Å². The van der Waals surface area contributed by atoms with Crippen molar-refractivity contribution in [1.82, 2.24) is 4.67 Å². The van der Waals surface area contributed by atoms with Gasteiger partial charge in [-0.3, -0.25) is 10.5 Å². The number of nitrogens with two attached hydrogens (primary N) is 1. The maximum absolute atomic E-state index is 14.4. The summed E-state index contributed by atoms with van der Waals surface area (Å²) in [4.78, 5) is 27.3. The summed E-state index contributed by atoms with van der Waals surface area (Å²) in [6.07, 6.45) is -5.12. The topological polar surface area (TPSA) is 72.6 Å². The van der Waals surface area contributed by atoms with E-state index < -0.39 is 30.7 Å². The number of benzene rings is 2. The normalized spacial score (nSPS) is 22.0. The van der Waals surface area contributed by atoms with E-state index in [2.05, 4.69) is 0 Å². The second-order valence-electron chi connectivity index (χ2n) is 6.33. The van der Waals surface area contributed by atoms with E-state index in [0.717, 1.165) is 16.8 Å². The highest BCUT2D eigenvalue weighted by Gasteiger charge is 2.74. The molecule has 0 fully saturated rings. The molecule has 150 valence electrons. The van der Waals surface area contributed by atoms with Crippen LogP contribution in [0, 0.1) is 0 Å². The number of hydrogen-bond donors (Lipinski definition) is 1. The van der Waals surface area contributed by atoms with Gasteiger partial charge >= 0.3 is 6.18 Å². The molecule has 2 atom stereocenters. The Morgan fingerprint density at radius 1 is 1.11 bits per heavy atom. The number of halogens is 4. The lowest BCUT2D eigenvalue weighted by Gasteiger charge is -2.56. The molecule has 2 N–H and O–H groups in total. The van der Waals surface area contributed by atoms with Crippen LogP contribution in [0.15, 0.2) is 54.6 Å². The molecule has 2 aromatic carbocycles. The molecule has 1 aliphatic heterocycles. The average molecular weight is 432 g/mol. The Bertz CT molecular complexity index is 886. The van der Waals surface area contributed by atoms with Crippen LogP contribution in [0.3, 0.4) is 0 Å². The number of amides is 1. The Balaban J connectivity index is 2.35. The predicted molar refractivity (Wildman–Crippen MR) is 102 cm³/mol. The molecule has 10 heteroatoms. The molecule has 2 unspecified atom stereocenters. The van der Waals surface area contributed by atoms with Gasteiger partial charge in [0.1, 0.15) is 0 Å². The second-order valence-corrected chi connectivity index (χ2v) is 9.59. The van der Waals surface area contributed by atoms with Gasteiger partial charge in [-0.05, 0) is 12.1 Å². The molecule has 1 amide bonds. The summed E-state index contributed by atoms with van der Waals surface area (Å²) >= 11 is 5.76. The maximum atomic E-state index is 14.4.